The molecule has 0 aliphatic heterocycles. The number of aromatic nitrogens is 2. The minimum absolute atomic E-state index is 0.192. The second-order valence-corrected chi connectivity index (χ2v) is 3.29. The summed E-state index contributed by atoms with van der Waals surface area (Å²) in [4.78, 5) is 17.6. The van der Waals surface area contributed by atoms with E-state index in [0.29, 0.717) is 6.42 Å². The number of H-pyrrole nitrogens is 1. The maximum atomic E-state index is 10.8. The van der Waals surface area contributed by atoms with Gasteiger partial charge in [-0.2, -0.15) is 0 Å². The quantitative estimate of drug-likeness (QED) is 0.677. The third kappa shape index (κ3) is 3.18. The average molecular weight is 197 g/mol. The average Bonchev–Trinajstić information content (AvgIpc) is 2.54. The Morgan fingerprint density at radius 1 is 1.79 bits per heavy atom. The highest BCUT2D eigenvalue weighted by molar-refractivity contribution is 5.66. The van der Waals surface area contributed by atoms with Crippen LogP contribution in [0, 0.1) is 0 Å². The number of imidazole rings is 1. The molecule has 78 valence electrons. The molecule has 5 heteroatoms. The van der Waals surface area contributed by atoms with Gasteiger partial charge in [0.1, 0.15) is 6.10 Å². The second-order valence-electron chi connectivity index (χ2n) is 3.29. The lowest BCUT2D eigenvalue weighted by Crippen LogP contribution is -2.37. The van der Waals surface area contributed by atoms with Crippen LogP contribution in [-0.2, 0) is 16.0 Å². The summed E-state index contributed by atoms with van der Waals surface area (Å²) >= 11 is 0. The van der Waals surface area contributed by atoms with Gasteiger partial charge in [-0.15, -0.1) is 0 Å². The Hall–Kier alpha value is -1.36. The largest absolute Gasteiger partial charge is 0.461 e. The van der Waals surface area contributed by atoms with E-state index in [9.17, 15) is 4.79 Å². The number of hydrogen-bond acceptors (Lipinski definition) is 4. The van der Waals surface area contributed by atoms with Crippen molar-refractivity contribution >= 4 is 5.97 Å². The number of nitrogens with two attached hydrogens (primary N) is 1. The zero-order valence-corrected chi connectivity index (χ0v) is 8.36. The lowest BCUT2D eigenvalue weighted by molar-refractivity contribution is -0.147. The number of hydrogen-bond donors (Lipinski definition) is 2. The van der Waals surface area contributed by atoms with Crippen molar-refractivity contribution in [2.75, 3.05) is 0 Å². The smallest absolute Gasteiger partial charge is 0.302 e. The van der Waals surface area contributed by atoms with Gasteiger partial charge >= 0.3 is 5.97 Å². The Morgan fingerprint density at radius 3 is 2.93 bits per heavy atom. The molecule has 1 heterocycles. The van der Waals surface area contributed by atoms with E-state index in [4.69, 9.17) is 10.5 Å². The van der Waals surface area contributed by atoms with Crippen LogP contribution in [0.1, 0.15) is 19.5 Å². The molecule has 1 rings (SSSR count). The van der Waals surface area contributed by atoms with E-state index < -0.39 is 0 Å². The number of carbonyl (C=O) groups excluding carboxylic acids is 1. The number of aromatic amines is 1. The van der Waals surface area contributed by atoms with E-state index in [-0.39, 0.29) is 18.1 Å². The number of ether oxygens (including phenoxy) is 1. The van der Waals surface area contributed by atoms with Crippen LogP contribution >= 0.6 is 0 Å². The van der Waals surface area contributed by atoms with Crippen LogP contribution in [0.3, 0.4) is 0 Å². The number of carbonyl (C=O) groups is 1. The molecule has 0 saturated heterocycles. The highest BCUT2D eigenvalue weighted by atomic mass is 16.5. The fourth-order valence-corrected chi connectivity index (χ4v) is 1.16. The Morgan fingerprint density at radius 2 is 2.50 bits per heavy atom. The third-order valence-corrected chi connectivity index (χ3v) is 1.88. The van der Waals surface area contributed by atoms with E-state index in [1.165, 1.54) is 6.92 Å². The summed E-state index contributed by atoms with van der Waals surface area (Å²) in [5, 5.41) is 0. The molecule has 0 bridgehead atoms. The number of nitrogens with one attached hydrogen (secondary N) is 1. The summed E-state index contributed by atoms with van der Waals surface area (Å²) in [5.41, 5.74) is 6.60. The summed E-state index contributed by atoms with van der Waals surface area (Å²) in [5.74, 6) is -0.313. The predicted molar refractivity (Wildman–Crippen MR) is 51.5 cm³/mol. The summed E-state index contributed by atoms with van der Waals surface area (Å²) in [6, 6.07) is -0.192. The van der Waals surface area contributed by atoms with Crippen LogP contribution < -0.4 is 5.73 Å². The Labute approximate surface area is 82.7 Å². The lowest BCUT2D eigenvalue weighted by Gasteiger charge is -2.19. The first-order valence-electron chi connectivity index (χ1n) is 4.49. The number of esters is 1. The van der Waals surface area contributed by atoms with Crippen molar-refractivity contribution in [2.45, 2.75) is 32.4 Å². The Bertz CT molecular complexity index is 282. The minimum Gasteiger partial charge on any atom is -0.461 e. The van der Waals surface area contributed by atoms with Crippen molar-refractivity contribution in [1.29, 1.82) is 0 Å². The fourth-order valence-electron chi connectivity index (χ4n) is 1.16. The van der Waals surface area contributed by atoms with Gasteiger partial charge in [-0.1, -0.05) is 0 Å². The summed E-state index contributed by atoms with van der Waals surface area (Å²) in [6.07, 6.45) is 3.55. The molecule has 1 aromatic heterocycles. The molecule has 3 N–H and O–H groups in total. The van der Waals surface area contributed by atoms with Gasteiger partial charge in [0, 0.05) is 31.3 Å². The first-order valence-corrected chi connectivity index (χ1v) is 4.49. The molecular weight excluding hydrogens is 182 g/mol. The van der Waals surface area contributed by atoms with Crippen molar-refractivity contribution in [3.05, 3.63) is 18.2 Å². The van der Waals surface area contributed by atoms with Crippen LogP contribution in [0.25, 0.3) is 0 Å². The summed E-state index contributed by atoms with van der Waals surface area (Å²) in [7, 11) is 0. The molecule has 1 aromatic rings. The summed E-state index contributed by atoms with van der Waals surface area (Å²) < 4.78 is 5.07. The zero-order valence-electron chi connectivity index (χ0n) is 8.36. The number of nitrogens with zero attached hydrogens (tertiary/aromatic N) is 1. The lowest BCUT2D eigenvalue weighted by atomic mass is 10.1. The normalized spacial score (nSPS) is 14.8. The molecule has 0 saturated carbocycles. The first-order chi connectivity index (χ1) is 6.59. The van der Waals surface area contributed by atoms with Gasteiger partial charge in [-0.3, -0.25) is 4.79 Å². The molecule has 5 nitrogen and oxygen atoms in total. The topological polar surface area (TPSA) is 81.0 Å². The Balaban J connectivity index is 2.56. The maximum Gasteiger partial charge on any atom is 0.302 e. The van der Waals surface area contributed by atoms with Crippen molar-refractivity contribution in [2.24, 2.45) is 5.73 Å². The summed E-state index contributed by atoms with van der Waals surface area (Å²) in [6.45, 7) is 3.19. The van der Waals surface area contributed by atoms with E-state index in [2.05, 4.69) is 9.97 Å². The number of rotatable bonds is 4. The van der Waals surface area contributed by atoms with Crippen LogP contribution in [0.4, 0.5) is 0 Å². The molecule has 0 amide bonds. The monoisotopic (exact) mass is 197 g/mol. The molecule has 2 unspecified atom stereocenters. The molecule has 0 aromatic carbocycles. The molecule has 0 aliphatic rings. The van der Waals surface area contributed by atoms with E-state index >= 15 is 0 Å². The van der Waals surface area contributed by atoms with Gasteiger partial charge in [0.2, 0.25) is 0 Å². The van der Waals surface area contributed by atoms with Gasteiger partial charge in [0.25, 0.3) is 0 Å². The third-order valence-electron chi connectivity index (χ3n) is 1.88. The first kappa shape index (κ1) is 10.7. The molecule has 0 fully saturated rings. The van der Waals surface area contributed by atoms with Crippen molar-refractivity contribution in [1.82, 2.24) is 9.97 Å². The van der Waals surface area contributed by atoms with Crippen LogP contribution in [0.2, 0.25) is 0 Å². The SMILES string of the molecule is CC(=O)OC(Cc1cnc[nH]1)C(C)N. The van der Waals surface area contributed by atoms with Crippen molar-refractivity contribution in [3.63, 3.8) is 0 Å². The van der Waals surface area contributed by atoms with Gasteiger partial charge in [0.05, 0.1) is 6.33 Å². The van der Waals surface area contributed by atoms with Crippen LogP contribution in [-0.4, -0.2) is 28.1 Å². The highest BCUT2D eigenvalue weighted by Gasteiger charge is 2.17. The molecular formula is C9H15N3O2. The maximum absolute atomic E-state index is 10.8. The van der Waals surface area contributed by atoms with E-state index in [1.54, 1.807) is 12.5 Å². The van der Waals surface area contributed by atoms with Crippen LogP contribution in [0.15, 0.2) is 12.5 Å². The predicted octanol–water partition coefficient (Wildman–Crippen LogP) is 0.231. The molecule has 0 radical (unpaired) electrons. The van der Waals surface area contributed by atoms with Gasteiger partial charge in [-0.25, -0.2) is 4.98 Å². The van der Waals surface area contributed by atoms with Crippen molar-refractivity contribution < 1.29 is 9.53 Å². The second kappa shape index (κ2) is 4.76. The fraction of sp³-hybridized carbons (Fsp3) is 0.556. The van der Waals surface area contributed by atoms with E-state index in [0.717, 1.165) is 5.69 Å². The Kier molecular flexibility index (Phi) is 3.64. The molecule has 2 atom stereocenters. The van der Waals surface area contributed by atoms with Crippen LogP contribution in [0.5, 0.6) is 0 Å². The minimum atomic E-state index is -0.313. The molecule has 0 aliphatic carbocycles. The molecule has 14 heavy (non-hydrogen) atoms. The molecule has 0 spiro atoms. The zero-order chi connectivity index (χ0) is 10.6. The van der Waals surface area contributed by atoms with Gasteiger partial charge in [-0.05, 0) is 6.92 Å². The van der Waals surface area contributed by atoms with Gasteiger partial charge < -0.3 is 15.5 Å². The van der Waals surface area contributed by atoms with Gasteiger partial charge in [0.15, 0.2) is 0 Å². The van der Waals surface area contributed by atoms with E-state index in [1.807, 2.05) is 6.92 Å². The standard InChI is InChI=1S/C9H15N3O2/c1-6(10)9(14-7(2)13)3-8-4-11-5-12-8/h4-6,9H,3,10H2,1-2H3,(H,11,12). The van der Waals surface area contributed by atoms with Crippen molar-refractivity contribution in [3.8, 4) is 0 Å². The highest BCUT2D eigenvalue weighted by Crippen LogP contribution is 2.05.